The van der Waals surface area contributed by atoms with Crippen LogP contribution in [0.1, 0.15) is 47.1 Å². The molecule has 4 rings (SSSR count). The van der Waals surface area contributed by atoms with Crippen LogP contribution in [-0.4, -0.2) is 43.1 Å². The predicted octanol–water partition coefficient (Wildman–Crippen LogP) is 5.41. The first-order chi connectivity index (χ1) is 19.8. The lowest BCUT2D eigenvalue weighted by molar-refractivity contribution is -0.118. The number of anilines is 2. The highest BCUT2D eigenvalue weighted by Gasteiger charge is 2.24. The molecule has 210 valence electrons. The quantitative estimate of drug-likeness (QED) is 0.157. The van der Waals surface area contributed by atoms with E-state index in [4.69, 9.17) is 14.2 Å². The van der Waals surface area contributed by atoms with Gasteiger partial charge in [-0.15, -0.1) is 0 Å². The second kappa shape index (κ2) is 13.3. The molecule has 0 aliphatic carbocycles. The second-order valence-electron chi connectivity index (χ2n) is 9.00. The van der Waals surface area contributed by atoms with E-state index in [1.54, 1.807) is 38.1 Å². The maximum atomic E-state index is 13.4. The van der Waals surface area contributed by atoms with Crippen molar-refractivity contribution in [1.29, 1.82) is 0 Å². The van der Waals surface area contributed by atoms with Crippen molar-refractivity contribution < 1.29 is 33.4 Å². The summed E-state index contributed by atoms with van der Waals surface area (Å²) in [4.78, 5) is 50.8. The molecule has 3 aromatic carbocycles. The smallest absolute Gasteiger partial charge is 0.338 e. The number of esters is 2. The molecular formula is C32H30N2O7. The molecule has 0 saturated carbocycles. The Bertz CT molecular complexity index is 1430. The van der Waals surface area contributed by atoms with Gasteiger partial charge in [-0.05, 0) is 93.1 Å². The first kappa shape index (κ1) is 28.8. The third-order valence-corrected chi connectivity index (χ3v) is 6.12. The number of fused-ring (bicyclic) bond motifs is 1. The molecule has 0 bridgehead atoms. The number of rotatable bonds is 9. The molecule has 1 heterocycles. The van der Waals surface area contributed by atoms with E-state index in [1.165, 1.54) is 30.3 Å². The Morgan fingerprint density at radius 2 is 1.24 bits per heavy atom. The number of para-hydroxylation sites is 1. The summed E-state index contributed by atoms with van der Waals surface area (Å²) in [5, 5.41) is 5.44. The summed E-state index contributed by atoms with van der Waals surface area (Å²) < 4.78 is 16.0. The van der Waals surface area contributed by atoms with Gasteiger partial charge in [-0.2, -0.15) is 0 Å². The lowest BCUT2D eigenvalue weighted by Crippen LogP contribution is -2.27. The summed E-state index contributed by atoms with van der Waals surface area (Å²) in [6, 6.07) is 19.8. The number of ether oxygens (including phenoxy) is 3. The Kier molecular flexibility index (Phi) is 9.32. The summed E-state index contributed by atoms with van der Waals surface area (Å²) in [6.45, 7) is 5.75. The lowest BCUT2D eigenvalue weighted by Gasteiger charge is -2.23. The molecule has 0 radical (unpaired) electrons. The lowest BCUT2D eigenvalue weighted by atomic mass is 9.99. The van der Waals surface area contributed by atoms with Gasteiger partial charge in [0.2, 0.25) is 0 Å². The zero-order chi connectivity index (χ0) is 29.4. The fourth-order valence-corrected chi connectivity index (χ4v) is 4.03. The molecule has 9 nitrogen and oxygen atoms in total. The predicted molar refractivity (Wildman–Crippen MR) is 155 cm³/mol. The van der Waals surface area contributed by atoms with E-state index in [-0.39, 0.29) is 18.8 Å². The molecule has 1 aliphatic rings. The average Bonchev–Trinajstić information content (AvgIpc) is 2.97. The van der Waals surface area contributed by atoms with Crippen LogP contribution in [0.25, 0.3) is 6.08 Å². The van der Waals surface area contributed by atoms with Crippen LogP contribution < -0.4 is 15.4 Å². The van der Waals surface area contributed by atoms with Crippen LogP contribution in [0, 0.1) is 0 Å². The summed E-state index contributed by atoms with van der Waals surface area (Å²) >= 11 is 0. The molecular weight excluding hydrogens is 524 g/mol. The molecule has 3 aromatic rings. The highest BCUT2D eigenvalue weighted by Crippen LogP contribution is 2.30. The van der Waals surface area contributed by atoms with Crippen LogP contribution in [0.2, 0.25) is 0 Å². The van der Waals surface area contributed by atoms with Gasteiger partial charge in [-0.25, -0.2) is 9.59 Å². The maximum absolute atomic E-state index is 13.4. The van der Waals surface area contributed by atoms with E-state index in [1.807, 2.05) is 37.3 Å². The van der Waals surface area contributed by atoms with Gasteiger partial charge >= 0.3 is 11.9 Å². The van der Waals surface area contributed by atoms with Crippen LogP contribution in [0.3, 0.4) is 0 Å². The first-order valence-electron chi connectivity index (χ1n) is 13.1. The van der Waals surface area contributed by atoms with Crippen molar-refractivity contribution >= 4 is 41.2 Å². The molecule has 0 saturated heterocycles. The monoisotopic (exact) mass is 554 g/mol. The standard InChI is InChI=1S/C32H30N2O7/c1-4-39-31(37)21-10-14-25(15-11-21)33-29(35)27(19-24-18-23-8-6-7-9-28(23)41-20(24)3)30(36)34-26-16-12-22(13-17-26)32(38)40-5-2/h6-20H,4-5H2,1-3H3,(H,33,35)(H,34,36). The molecule has 1 unspecified atom stereocenters. The van der Waals surface area contributed by atoms with E-state index in [0.717, 1.165) is 5.56 Å². The van der Waals surface area contributed by atoms with Crippen molar-refractivity contribution in [2.24, 2.45) is 0 Å². The van der Waals surface area contributed by atoms with Gasteiger partial charge in [-0.3, -0.25) is 9.59 Å². The molecule has 41 heavy (non-hydrogen) atoms. The van der Waals surface area contributed by atoms with E-state index >= 15 is 0 Å². The molecule has 2 N–H and O–H groups in total. The minimum atomic E-state index is -0.665. The third kappa shape index (κ3) is 7.27. The van der Waals surface area contributed by atoms with Crippen molar-refractivity contribution in [2.75, 3.05) is 23.8 Å². The van der Waals surface area contributed by atoms with Gasteiger partial charge in [0, 0.05) is 16.9 Å². The van der Waals surface area contributed by atoms with E-state index in [0.29, 0.717) is 33.8 Å². The number of carbonyl (C=O) groups excluding carboxylic acids is 4. The topological polar surface area (TPSA) is 120 Å². The van der Waals surface area contributed by atoms with Crippen LogP contribution >= 0.6 is 0 Å². The van der Waals surface area contributed by atoms with Crippen LogP contribution in [-0.2, 0) is 19.1 Å². The number of carbonyl (C=O) groups is 4. The van der Waals surface area contributed by atoms with Crippen LogP contribution in [0.5, 0.6) is 5.75 Å². The summed E-state index contributed by atoms with van der Waals surface area (Å²) in [7, 11) is 0. The molecule has 0 spiro atoms. The number of nitrogens with one attached hydrogen (secondary N) is 2. The molecule has 1 atom stereocenters. The summed E-state index contributed by atoms with van der Waals surface area (Å²) in [6.07, 6.45) is 2.94. The van der Waals surface area contributed by atoms with E-state index in [2.05, 4.69) is 10.6 Å². The van der Waals surface area contributed by atoms with Crippen molar-refractivity contribution in [3.63, 3.8) is 0 Å². The number of hydrogen-bond donors (Lipinski definition) is 2. The van der Waals surface area contributed by atoms with Gasteiger partial charge in [0.1, 0.15) is 17.4 Å². The molecule has 2 amide bonds. The van der Waals surface area contributed by atoms with Crippen molar-refractivity contribution in [2.45, 2.75) is 26.9 Å². The third-order valence-electron chi connectivity index (χ3n) is 6.12. The van der Waals surface area contributed by atoms with Crippen molar-refractivity contribution in [3.05, 3.63) is 107 Å². The Balaban J connectivity index is 1.61. The molecule has 1 aliphatic heterocycles. The maximum Gasteiger partial charge on any atom is 0.338 e. The molecule has 0 fully saturated rings. The largest absolute Gasteiger partial charge is 0.485 e. The number of amides is 2. The Hall–Kier alpha value is -5.18. The van der Waals surface area contributed by atoms with Gasteiger partial charge in [0.25, 0.3) is 11.8 Å². The molecule has 9 heteroatoms. The highest BCUT2D eigenvalue weighted by molar-refractivity contribution is 6.26. The highest BCUT2D eigenvalue weighted by atomic mass is 16.5. The van der Waals surface area contributed by atoms with Crippen molar-refractivity contribution in [1.82, 2.24) is 0 Å². The van der Waals surface area contributed by atoms with Gasteiger partial charge < -0.3 is 24.8 Å². The fourth-order valence-electron chi connectivity index (χ4n) is 4.03. The van der Waals surface area contributed by atoms with Gasteiger partial charge in [0.15, 0.2) is 0 Å². The Morgan fingerprint density at radius 3 is 1.73 bits per heavy atom. The molecule has 0 aromatic heterocycles. The number of benzene rings is 3. The fraction of sp³-hybridized carbons (Fsp3) is 0.188. The first-order valence-corrected chi connectivity index (χ1v) is 13.1. The number of hydrogen-bond acceptors (Lipinski definition) is 7. The second-order valence-corrected chi connectivity index (χ2v) is 9.00. The van der Waals surface area contributed by atoms with Crippen LogP contribution in [0.4, 0.5) is 11.4 Å². The zero-order valence-electron chi connectivity index (χ0n) is 22.9. The SMILES string of the molecule is CCOC(=O)c1ccc(NC(=O)C(=CC2=Cc3ccccc3OC2C)C(=O)Nc2ccc(C(=O)OCC)cc2)cc1. The van der Waals surface area contributed by atoms with Crippen LogP contribution in [0.15, 0.2) is 90.0 Å². The zero-order valence-corrected chi connectivity index (χ0v) is 22.9. The minimum absolute atomic E-state index is 0.171. The Labute approximate surface area is 237 Å². The summed E-state index contributed by atoms with van der Waals surface area (Å²) in [5.41, 5.74) is 2.71. The minimum Gasteiger partial charge on any atom is -0.485 e. The van der Waals surface area contributed by atoms with E-state index < -0.39 is 29.9 Å². The van der Waals surface area contributed by atoms with Gasteiger partial charge in [-0.1, -0.05) is 18.2 Å². The van der Waals surface area contributed by atoms with E-state index in [9.17, 15) is 19.2 Å². The van der Waals surface area contributed by atoms with Crippen molar-refractivity contribution in [3.8, 4) is 5.75 Å². The summed E-state index contributed by atoms with van der Waals surface area (Å²) in [5.74, 6) is -1.57. The van der Waals surface area contributed by atoms with Gasteiger partial charge in [0.05, 0.1) is 24.3 Å². The Morgan fingerprint density at radius 1 is 0.756 bits per heavy atom. The normalized spacial score (nSPS) is 13.4. The average molecular weight is 555 g/mol.